The van der Waals surface area contributed by atoms with Gasteiger partial charge in [0.25, 0.3) is 0 Å². The normalized spacial score (nSPS) is 17.9. The van der Waals surface area contributed by atoms with Crippen LogP contribution in [-0.4, -0.2) is 58.6 Å². The molecule has 0 aliphatic carbocycles. The van der Waals surface area contributed by atoms with E-state index in [0.29, 0.717) is 19.0 Å². The molecule has 2 fully saturated rings. The van der Waals surface area contributed by atoms with Gasteiger partial charge < -0.3 is 10.2 Å². The lowest BCUT2D eigenvalue weighted by molar-refractivity contribution is -0.118. The van der Waals surface area contributed by atoms with Crippen LogP contribution in [0.25, 0.3) is 20.9 Å². The highest BCUT2D eigenvalue weighted by Crippen LogP contribution is 2.30. The molecule has 0 aromatic carbocycles. The molecule has 3 aromatic rings. The number of aromatic nitrogens is 4. The zero-order valence-corrected chi connectivity index (χ0v) is 15.6. The summed E-state index contributed by atoms with van der Waals surface area (Å²) in [6, 6.07) is 4.12. The molecule has 0 radical (unpaired) electrons. The number of piperazine rings is 1. The average Bonchev–Trinajstić information content (AvgIpc) is 3.38. The SMILES string of the molecule is O=C1CNCCN1c1ncc2nc(-c3ccc(N4CCCC4)nc3)sc2n1. The van der Waals surface area contributed by atoms with Gasteiger partial charge in [-0.1, -0.05) is 11.3 Å². The predicted octanol–water partition coefficient (Wildman–Crippen LogP) is 1.68. The van der Waals surface area contributed by atoms with E-state index in [-0.39, 0.29) is 5.91 Å². The van der Waals surface area contributed by atoms with Crippen molar-refractivity contribution in [3.8, 4) is 10.6 Å². The number of nitrogens with one attached hydrogen (secondary N) is 1. The Labute approximate surface area is 160 Å². The summed E-state index contributed by atoms with van der Waals surface area (Å²) >= 11 is 1.50. The maximum Gasteiger partial charge on any atom is 0.243 e. The summed E-state index contributed by atoms with van der Waals surface area (Å²) in [5.74, 6) is 1.47. The molecule has 5 rings (SSSR count). The standard InChI is InChI=1S/C18H19N7OS/c26-15-11-19-5-8-25(15)18-21-10-13-17(23-18)27-16(22-13)12-3-4-14(20-9-12)24-6-1-2-7-24/h3-4,9-10,19H,1-2,5-8,11H2. The number of carbonyl (C=O) groups is 1. The van der Waals surface area contributed by atoms with Crippen molar-refractivity contribution in [1.82, 2.24) is 25.3 Å². The molecule has 1 N–H and O–H groups in total. The van der Waals surface area contributed by atoms with Crippen LogP contribution in [-0.2, 0) is 4.79 Å². The first-order chi connectivity index (χ1) is 13.3. The summed E-state index contributed by atoms with van der Waals surface area (Å²) < 4.78 is 0. The number of thiazole rings is 1. The smallest absolute Gasteiger partial charge is 0.243 e. The lowest BCUT2D eigenvalue weighted by Crippen LogP contribution is -2.48. The number of pyridine rings is 1. The average molecular weight is 381 g/mol. The summed E-state index contributed by atoms with van der Waals surface area (Å²) in [4.78, 5) is 34.9. The fraction of sp³-hybridized carbons (Fsp3) is 0.389. The van der Waals surface area contributed by atoms with E-state index >= 15 is 0 Å². The minimum Gasteiger partial charge on any atom is -0.357 e. The number of anilines is 2. The monoisotopic (exact) mass is 381 g/mol. The molecule has 1 amide bonds. The molecule has 8 nitrogen and oxygen atoms in total. The van der Waals surface area contributed by atoms with Crippen molar-refractivity contribution >= 4 is 39.4 Å². The zero-order chi connectivity index (χ0) is 18.2. The molecule has 0 unspecified atom stereocenters. The predicted molar refractivity (Wildman–Crippen MR) is 105 cm³/mol. The van der Waals surface area contributed by atoms with Crippen molar-refractivity contribution in [2.45, 2.75) is 12.8 Å². The first-order valence-corrected chi connectivity index (χ1v) is 9.96. The zero-order valence-electron chi connectivity index (χ0n) is 14.8. The minimum atomic E-state index is -0.00737. The van der Waals surface area contributed by atoms with Crippen LogP contribution in [0.15, 0.2) is 24.5 Å². The Morgan fingerprint density at radius 3 is 2.70 bits per heavy atom. The first-order valence-electron chi connectivity index (χ1n) is 9.14. The molecule has 0 spiro atoms. The Morgan fingerprint density at radius 2 is 1.93 bits per heavy atom. The number of fused-ring (bicyclic) bond motifs is 1. The second-order valence-electron chi connectivity index (χ2n) is 6.70. The van der Waals surface area contributed by atoms with E-state index in [2.05, 4.69) is 42.3 Å². The van der Waals surface area contributed by atoms with Crippen LogP contribution in [0.1, 0.15) is 12.8 Å². The molecule has 3 aromatic heterocycles. The van der Waals surface area contributed by atoms with Crippen LogP contribution in [0.2, 0.25) is 0 Å². The number of rotatable bonds is 3. The first kappa shape index (κ1) is 16.5. The van der Waals surface area contributed by atoms with E-state index < -0.39 is 0 Å². The lowest BCUT2D eigenvalue weighted by atomic mass is 10.3. The molecule has 0 atom stereocenters. The maximum absolute atomic E-state index is 12.1. The Bertz CT molecular complexity index is 981. The van der Waals surface area contributed by atoms with Gasteiger partial charge in [0.05, 0.1) is 12.7 Å². The topological polar surface area (TPSA) is 87.1 Å². The minimum absolute atomic E-state index is 0.00737. The Hall–Kier alpha value is -2.65. The summed E-state index contributed by atoms with van der Waals surface area (Å²) in [6.45, 7) is 3.81. The van der Waals surface area contributed by atoms with Gasteiger partial charge >= 0.3 is 0 Å². The molecule has 0 bridgehead atoms. The van der Waals surface area contributed by atoms with Gasteiger partial charge in [0, 0.05) is 37.9 Å². The van der Waals surface area contributed by atoms with E-state index in [0.717, 1.165) is 46.4 Å². The van der Waals surface area contributed by atoms with Crippen LogP contribution < -0.4 is 15.1 Å². The van der Waals surface area contributed by atoms with Crippen molar-refractivity contribution in [3.63, 3.8) is 0 Å². The van der Waals surface area contributed by atoms with Gasteiger partial charge in [-0.25, -0.2) is 15.0 Å². The summed E-state index contributed by atoms with van der Waals surface area (Å²) in [5, 5.41) is 3.92. The van der Waals surface area contributed by atoms with Crippen molar-refractivity contribution in [2.24, 2.45) is 0 Å². The van der Waals surface area contributed by atoms with E-state index in [1.54, 1.807) is 11.1 Å². The molecule has 5 heterocycles. The second kappa shape index (κ2) is 6.82. The van der Waals surface area contributed by atoms with Gasteiger partial charge in [0.1, 0.15) is 21.2 Å². The van der Waals surface area contributed by atoms with Gasteiger partial charge in [-0.15, -0.1) is 0 Å². The Balaban J connectivity index is 1.43. The van der Waals surface area contributed by atoms with Gasteiger partial charge in [0.2, 0.25) is 11.9 Å². The molecule has 2 aliphatic heterocycles. The van der Waals surface area contributed by atoms with Gasteiger partial charge in [-0.3, -0.25) is 9.69 Å². The number of hydrogen-bond acceptors (Lipinski definition) is 8. The molecule has 2 saturated heterocycles. The largest absolute Gasteiger partial charge is 0.357 e. The third-order valence-corrected chi connectivity index (χ3v) is 5.91. The number of nitrogens with zero attached hydrogens (tertiary/aromatic N) is 6. The molecule has 138 valence electrons. The van der Waals surface area contributed by atoms with Crippen LogP contribution >= 0.6 is 11.3 Å². The van der Waals surface area contributed by atoms with Crippen molar-refractivity contribution < 1.29 is 4.79 Å². The highest BCUT2D eigenvalue weighted by Gasteiger charge is 2.22. The van der Waals surface area contributed by atoms with Crippen molar-refractivity contribution in [2.75, 3.05) is 42.5 Å². The number of carbonyl (C=O) groups excluding carboxylic acids is 1. The Morgan fingerprint density at radius 1 is 1.04 bits per heavy atom. The van der Waals surface area contributed by atoms with Crippen molar-refractivity contribution in [1.29, 1.82) is 0 Å². The number of hydrogen-bond donors (Lipinski definition) is 1. The van der Waals surface area contributed by atoms with E-state index in [1.165, 1.54) is 24.2 Å². The molecule has 27 heavy (non-hydrogen) atoms. The summed E-state index contributed by atoms with van der Waals surface area (Å²) in [7, 11) is 0. The maximum atomic E-state index is 12.1. The van der Waals surface area contributed by atoms with Crippen LogP contribution in [0.3, 0.4) is 0 Å². The van der Waals surface area contributed by atoms with E-state index in [1.807, 2.05) is 6.20 Å². The molecule has 9 heteroatoms. The van der Waals surface area contributed by atoms with Crippen LogP contribution in [0, 0.1) is 0 Å². The highest BCUT2D eigenvalue weighted by atomic mass is 32.1. The molecule has 2 aliphatic rings. The fourth-order valence-electron chi connectivity index (χ4n) is 3.44. The van der Waals surface area contributed by atoms with Crippen molar-refractivity contribution in [3.05, 3.63) is 24.5 Å². The quantitative estimate of drug-likeness (QED) is 0.739. The Kier molecular flexibility index (Phi) is 4.17. The van der Waals surface area contributed by atoms with Gasteiger partial charge in [-0.2, -0.15) is 4.98 Å². The lowest BCUT2D eigenvalue weighted by Gasteiger charge is -2.25. The summed E-state index contributed by atoms with van der Waals surface area (Å²) in [6.07, 6.45) is 6.04. The van der Waals surface area contributed by atoms with Crippen LogP contribution in [0.4, 0.5) is 11.8 Å². The van der Waals surface area contributed by atoms with Gasteiger partial charge in [-0.05, 0) is 25.0 Å². The second-order valence-corrected chi connectivity index (χ2v) is 7.68. The summed E-state index contributed by atoms with van der Waals surface area (Å²) in [5.41, 5.74) is 1.71. The van der Waals surface area contributed by atoms with E-state index in [4.69, 9.17) is 0 Å². The molecular weight excluding hydrogens is 362 g/mol. The number of amides is 1. The van der Waals surface area contributed by atoms with Crippen LogP contribution in [0.5, 0.6) is 0 Å². The molecular formula is C18H19N7OS. The third-order valence-electron chi connectivity index (χ3n) is 4.89. The third kappa shape index (κ3) is 3.13. The fourth-order valence-corrected chi connectivity index (χ4v) is 4.34. The highest BCUT2D eigenvalue weighted by molar-refractivity contribution is 7.21. The van der Waals surface area contributed by atoms with Gasteiger partial charge in [0.15, 0.2) is 0 Å². The van der Waals surface area contributed by atoms with E-state index in [9.17, 15) is 4.79 Å². The molecule has 0 saturated carbocycles.